The Labute approximate surface area is 176 Å². The third-order valence-electron chi connectivity index (χ3n) is 5.78. The molecule has 28 heavy (non-hydrogen) atoms. The van der Waals surface area contributed by atoms with Crippen LogP contribution < -0.4 is 4.72 Å². The van der Waals surface area contributed by atoms with Crippen LogP contribution in [0.5, 0.6) is 0 Å². The summed E-state index contributed by atoms with van der Waals surface area (Å²) in [5.74, 6) is 0.164. The van der Waals surface area contributed by atoms with Crippen LogP contribution >= 0.6 is 11.6 Å². The molecule has 1 aliphatic rings. The molecule has 158 valence electrons. The van der Waals surface area contributed by atoms with Crippen LogP contribution in [0.1, 0.15) is 45.6 Å². The minimum absolute atomic E-state index is 0.0661. The van der Waals surface area contributed by atoms with E-state index in [1.807, 2.05) is 6.92 Å². The molecule has 1 aromatic carbocycles. The zero-order valence-corrected chi connectivity index (χ0v) is 20.3. The molecule has 0 aliphatic heterocycles. The number of sulfonamides is 1. The maximum atomic E-state index is 12.5. The Morgan fingerprint density at radius 2 is 1.82 bits per heavy atom. The molecule has 1 N–H and O–H groups in total. The van der Waals surface area contributed by atoms with Gasteiger partial charge in [0.05, 0.1) is 16.0 Å². The number of nitrogens with one attached hydrogen (secondary N) is 1. The van der Waals surface area contributed by atoms with Crippen LogP contribution in [0, 0.1) is 12.8 Å². The van der Waals surface area contributed by atoms with Gasteiger partial charge in [-0.25, -0.2) is 13.1 Å². The lowest BCUT2D eigenvalue weighted by Gasteiger charge is -2.34. The van der Waals surface area contributed by atoms with Crippen molar-refractivity contribution in [3.05, 3.63) is 29.8 Å². The first-order chi connectivity index (χ1) is 12.8. The van der Waals surface area contributed by atoms with Gasteiger partial charge in [0.2, 0.25) is 10.0 Å². The van der Waals surface area contributed by atoms with Crippen molar-refractivity contribution in [2.45, 2.75) is 75.4 Å². The molecular formula is C20H33ClN2O3SSi. The van der Waals surface area contributed by atoms with Crippen molar-refractivity contribution in [2.75, 3.05) is 6.54 Å². The fourth-order valence-electron chi connectivity index (χ4n) is 2.68. The fraction of sp³-hybridized carbons (Fsp3) is 0.650. The van der Waals surface area contributed by atoms with Crippen LogP contribution in [0.2, 0.25) is 18.1 Å². The number of nitrogens with zero attached hydrogens (tertiary/aromatic N) is 1. The van der Waals surface area contributed by atoms with Gasteiger partial charge in [0, 0.05) is 6.54 Å². The summed E-state index contributed by atoms with van der Waals surface area (Å²) >= 11 is 6.46. The van der Waals surface area contributed by atoms with E-state index in [9.17, 15) is 8.42 Å². The molecule has 0 radical (unpaired) electrons. The first kappa shape index (κ1) is 23.4. The highest BCUT2D eigenvalue weighted by Gasteiger charge is 2.40. The number of alkyl halides is 1. The van der Waals surface area contributed by atoms with Gasteiger partial charge < -0.3 is 4.53 Å². The molecule has 1 fully saturated rings. The van der Waals surface area contributed by atoms with Crippen molar-refractivity contribution in [3.63, 3.8) is 0 Å². The Bertz CT molecular complexity index is 802. The van der Waals surface area contributed by atoms with Crippen LogP contribution in [0.25, 0.3) is 0 Å². The fourth-order valence-corrected chi connectivity index (χ4v) is 4.67. The summed E-state index contributed by atoms with van der Waals surface area (Å²) in [6.07, 6.45) is 2.29. The highest BCUT2D eigenvalue weighted by molar-refractivity contribution is 7.89. The zero-order chi connectivity index (χ0) is 21.2. The van der Waals surface area contributed by atoms with Crippen LogP contribution in [-0.4, -0.2) is 34.4 Å². The third kappa shape index (κ3) is 6.05. The minimum Gasteiger partial charge on any atom is -0.455 e. The van der Waals surface area contributed by atoms with Crippen molar-refractivity contribution < 1.29 is 12.9 Å². The van der Waals surface area contributed by atoms with E-state index >= 15 is 0 Å². The van der Waals surface area contributed by atoms with Crippen molar-refractivity contribution in [3.8, 4) is 0 Å². The van der Waals surface area contributed by atoms with E-state index in [1.165, 1.54) is 0 Å². The molecule has 0 aromatic heterocycles. The molecule has 0 spiro atoms. The largest absolute Gasteiger partial charge is 0.455 e. The smallest absolute Gasteiger partial charge is 0.286 e. The summed E-state index contributed by atoms with van der Waals surface area (Å²) < 4.78 is 33.7. The molecule has 8 heteroatoms. The van der Waals surface area contributed by atoms with E-state index in [4.69, 9.17) is 16.1 Å². The maximum Gasteiger partial charge on any atom is 0.286 e. The molecule has 0 amide bonds. The van der Waals surface area contributed by atoms with Gasteiger partial charge in [-0.15, -0.1) is 16.8 Å². The second-order valence-electron chi connectivity index (χ2n) is 9.21. The van der Waals surface area contributed by atoms with Gasteiger partial charge >= 0.3 is 0 Å². The lowest BCUT2D eigenvalue weighted by Crippen LogP contribution is -2.40. The van der Waals surface area contributed by atoms with Gasteiger partial charge in [0.1, 0.15) is 0 Å². The predicted molar refractivity (Wildman–Crippen MR) is 119 cm³/mol. The van der Waals surface area contributed by atoms with Crippen molar-refractivity contribution in [1.82, 2.24) is 4.72 Å². The molecule has 0 bridgehead atoms. The number of oxime groups is 1. The molecule has 0 saturated heterocycles. The Morgan fingerprint density at radius 1 is 1.21 bits per heavy atom. The summed E-state index contributed by atoms with van der Waals surface area (Å²) in [7, 11) is -5.50. The molecule has 1 aliphatic carbocycles. The Hall–Kier alpha value is -0.893. The van der Waals surface area contributed by atoms with E-state index in [-0.39, 0.29) is 16.3 Å². The quantitative estimate of drug-likeness (QED) is 0.378. The molecule has 1 aromatic rings. The lowest BCUT2D eigenvalue weighted by atomic mass is 9.87. The molecule has 2 rings (SSSR count). The highest BCUT2D eigenvalue weighted by atomic mass is 35.5. The summed E-state index contributed by atoms with van der Waals surface area (Å²) in [5, 5.41) is 4.36. The van der Waals surface area contributed by atoms with Crippen molar-refractivity contribution in [2.24, 2.45) is 11.1 Å². The zero-order valence-electron chi connectivity index (χ0n) is 17.8. The van der Waals surface area contributed by atoms with Crippen LogP contribution in [-0.2, 0) is 14.6 Å². The van der Waals surface area contributed by atoms with Gasteiger partial charge in [-0.2, -0.15) is 0 Å². The highest BCUT2D eigenvalue weighted by Crippen LogP contribution is 2.37. The first-order valence-electron chi connectivity index (χ1n) is 9.77. The lowest BCUT2D eigenvalue weighted by molar-refractivity contribution is 0.301. The standard InChI is InChI=1S/C20H33ClN2O3SSi/c1-15-7-10-17(11-8-15)27(24,25)22-14-16-9-12-18(21)19(13-16)23-26-28(5,6)20(2,3)4/h7-8,10-11,16,18,22H,9,12-14H2,1-6H3. The van der Waals surface area contributed by atoms with Crippen molar-refractivity contribution >= 4 is 35.7 Å². The second kappa shape index (κ2) is 8.86. The van der Waals surface area contributed by atoms with E-state index in [0.717, 1.165) is 24.1 Å². The van der Waals surface area contributed by atoms with E-state index in [1.54, 1.807) is 24.3 Å². The third-order valence-corrected chi connectivity index (χ3v) is 11.8. The summed E-state index contributed by atoms with van der Waals surface area (Å²) in [6, 6.07) is 6.87. The Morgan fingerprint density at radius 3 is 2.39 bits per heavy atom. The number of hydrogen-bond acceptors (Lipinski definition) is 4. The van der Waals surface area contributed by atoms with E-state index in [0.29, 0.717) is 17.9 Å². The number of benzene rings is 1. The second-order valence-corrected chi connectivity index (χ2v) is 16.2. The topological polar surface area (TPSA) is 67.8 Å². The SMILES string of the molecule is Cc1ccc(S(=O)(=O)NCC2CCC(Cl)C(=NO[Si](C)(C)C(C)(C)C)C2)cc1. The maximum absolute atomic E-state index is 12.5. The van der Waals surface area contributed by atoms with Crippen molar-refractivity contribution in [1.29, 1.82) is 0 Å². The van der Waals surface area contributed by atoms with Gasteiger partial charge in [-0.1, -0.05) is 38.5 Å². The molecule has 2 atom stereocenters. The number of rotatable bonds is 6. The summed E-state index contributed by atoms with van der Waals surface area (Å²) in [5.41, 5.74) is 1.86. The summed E-state index contributed by atoms with van der Waals surface area (Å²) in [4.78, 5) is 0.291. The number of hydrogen-bond donors (Lipinski definition) is 1. The molecule has 2 unspecified atom stereocenters. The van der Waals surface area contributed by atoms with Crippen LogP contribution in [0.3, 0.4) is 0 Å². The minimum atomic E-state index is -3.51. The normalized spacial score (nSPS) is 23.0. The average molecular weight is 445 g/mol. The van der Waals surface area contributed by atoms with Crippen LogP contribution in [0.15, 0.2) is 34.3 Å². The van der Waals surface area contributed by atoms with E-state index in [2.05, 4.69) is 43.7 Å². The molecular weight excluding hydrogens is 412 g/mol. The summed E-state index contributed by atoms with van der Waals surface area (Å²) in [6.45, 7) is 13.1. The van der Waals surface area contributed by atoms with Gasteiger partial charge in [-0.05, 0) is 62.4 Å². The van der Waals surface area contributed by atoms with Gasteiger partial charge in [0.15, 0.2) is 0 Å². The first-order valence-corrected chi connectivity index (χ1v) is 14.6. The monoisotopic (exact) mass is 444 g/mol. The molecule has 0 heterocycles. The Balaban J connectivity index is 2.00. The number of aryl methyl sites for hydroxylation is 1. The Kier molecular flexibility index (Phi) is 7.40. The predicted octanol–water partition coefficient (Wildman–Crippen LogP) is 5.06. The molecule has 5 nitrogen and oxygen atoms in total. The van der Waals surface area contributed by atoms with E-state index < -0.39 is 18.3 Å². The van der Waals surface area contributed by atoms with Gasteiger partial charge in [-0.3, -0.25) is 0 Å². The van der Waals surface area contributed by atoms with Gasteiger partial charge in [0.25, 0.3) is 8.32 Å². The average Bonchev–Trinajstić information content (AvgIpc) is 2.59. The molecule has 1 saturated carbocycles. The van der Waals surface area contributed by atoms with Crippen LogP contribution in [0.4, 0.5) is 0 Å². The number of halogens is 1.